The summed E-state index contributed by atoms with van der Waals surface area (Å²) < 4.78 is 7.31. The molecule has 0 spiro atoms. The zero-order valence-corrected chi connectivity index (χ0v) is 15.2. The van der Waals surface area contributed by atoms with E-state index in [2.05, 4.69) is 10.1 Å². The van der Waals surface area contributed by atoms with Gasteiger partial charge in [-0.1, -0.05) is 24.3 Å². The Morgan fingerprint density at radius 3 is 2.65 bits per heavy atom. The highest BCUT2D eigenvalue weighted by Crippen LogP contribution is 2.21. The maximum Gasteiger partial charge on any atom is 0.260 e. The van der Waals surface area contributed by atoms with Crippen LogP contribution in [0.25, 0.3) is 5.69 Å². The Morgan fingerprint density at radius 1 is 1.23 bits per heavy atom. The third-order valence-electron chi connectivity index (χ3n) is 4.38. The van der Waals surface area contributed by atoms with Gasteiger partial charge in [0.15, 0.2) is 6.61 Å². The van der Waals surface area contributed by atoms with Crippen LogP contribution >= 0.6 is 0 Å². The molecule has 3 rings (SSSR count). The van der Waals surface area contributed by atoms with Crippen molar-refractivity contribution in [2.45, 2.75) is 19.9 Å². The molecule has 0 radical (unpaired) electrons. The summed E-state index contributed by atoms with van der Waals surface area (Å²) in [5.74, 6) is 0.635. The molecule has 3 aromatic rings. The average Bonchev–Trinajstić information content (AvgIpc) is 3.20. The Kier molecular flexibility index (Phi) is 5.31. The molecular formula is C20H22N4O2. The minimum absolute atomic E-state index is 0.0152. The lowest BCUT2D eigenvalue weighted by atomic mass is 10.1. The lowest BCUT2D eigenvalue weighted by Crippen LogP contribution is -2.33. The van der Waals surface area contributed by atoms with E-state index in [0.29, 0.717) is 5.75 Å². The molecule has 6 heteroatoms. The first-order valence-electron chi connectivity index (χ1n) is 8.44. The second-order valence-corrected chi connectivity index (χ2v) is 6.22. The van der Waals surface area contributed by atoms with Gasteiger partial charge in [-0.2, -0.15) is 5.10 Å². The van der Waals surface area contributed by atoms with Crippen molar-refractivity contribution >= 4 is 5.91 Å². The fourth-order valence-electron chi connectivity index (χ4n) is 2.64. The lowest BCUT2D eigenvalue weighted by Gasteiger charge is -2.25. The van der Waals surface area contributed by atoms with E-state index in [1.54, 1.807) is 23.0 Å². The predicted octanol–water partition coefficient (Wildman–Crippen LogP) is 3.17. The highest BCUT2D eigenvalue weighted by Gasteiger charge is 2.18. The van der Waals surface area contributed by atoms with E-state index >= 15 is 0 Å². The van der Waals surface area contributed by atoms with Gasteiger partial charge in [0, 0.05) is 7.05 Å². The summed E-state index contributed by atoms with van der Waals surface area (Å²) in [7, 11) is 1.79. The van der Waals surface area contributed by atoms with Gasteiger partial charge in [-0.15, -0.1) is 0 Å². The lowest BCUT2D eigenvalue weighted by molar-refractivity contribution is -0.134. The van der Waals surface area contributed by atoms with Gasteiger partial charge in [-0.05, 0) is 49.2 Å². The summed E-state index contributed by atoms with van der Waals surface area (Å²) in [5, 5.41) is 4.11. The molecule has 26 heavy (non-hydrogen) atoms. The van der Waals surface area contributed by atoms with Crippen molar-refractivity contribution in [1.82, 2.24) is 19.7 Å². The number of aromatic nitrogens is 3. The summed E-state index contributed by atoms with van der Waals surface area (Å²) in [6.45, 7) is 4.00. The number of carbonyl (C=O) groups excluding carboxylic acids is 1. The zero-order valence-electron chi connectivity index (χ0n) is 15.2. The summed E-state index contributed by atoms with van der Waals surface area (Å²) in [6, 6.07) is 15.5. The van der Waals surface area contributed by atoms with Crippen LogP contribution in [-0.4, -0.2) is 39.2 Å². The minimum atomic E-state index is -0.0700. The number of hydrogen-bond acceptors (Lipinski definition) is 4. The number of rotatable bonds is 6. The van der Waals surface area contributed by atoms with Crippen molar-refractivity contribution < 1.29 is 9.53 Å². The van der Waals surface area contributed by atoms with Crippen molar-refractivity contribution in [1.29, 1.82) is 0 Å². The van der Waals surface area contributed by atoms with E-state index in [4.69, 9.17) is 4.74 Å². The van der Waals surface area contributed by atoms with Crippen molar-refractivity contribution in [3.8, 4) is 11.4 Å². The monoisotopic (exact) mass is 350 g/mol. The quantitative estimate of drug-likeness (QED) is 0.685. The SMILES string of the molecule is Cc1cccc(OCC(=O)N(C)C(C)c2ccc(-n3cncn3)cc2)c1. The van der Waals surface area contributed by atoms with Crippen LogP contribution in [0.4, 0.5) is 0 Å². The van der Waals surface area contributed by atoms with Crippen LogP contribution in [0.15, 0.2) is 61.2 Å². The van der Waals surface area contributed by atoms with Gasteiger partial charge in [0.1, 0.15) is 18.4 Å². The number of amides is 1. The predicted molar refractivity (Wildman–Crippen MR) is 99.2 cm³/mol. The summed E-state index contributed by atoms with van der Waals surface area (Å²) in [6.07, 6.45) is 3.15. The molecule has 1 aromatic heterocycles. The first-order chi connectivity index (χ1) is 12.5. The topological polar surface area (TPSA) is 60.2 Å². The van der Waals surface area contributed by atoms with E-state index in [-0.39, 0.29) is 18.6 Å². The highest BCUT2D eigenvalue weighted by atomic mass is 16.5. The minimum Gasteiger partial charge on any atom is -0.484 e. The third-order valence-corrected chi connectivity index (χ3v) is 4.38. The van der Waals surface area contributed by atoms with Crippen LogP contribution in [0.3, 0.4) is 0 Å². The third kappa shape index (κ3) is 4.08. The molecule has 134 valence electrons. The Labute approximate surface area is 153 Å². The van der Waals surface area contributed by atoms with E-state index in [9.17, 15) is 4.79 Å². The molecule has 0 aliphatic heterocycles. The van der Waals surface area contributed by atoms with Crippen LogP contribution in [0.1, 0.15) is 24.1 Å². The second kappa shape index (κ2) is 7.82. The Morgan fingerprint density at radius 2 is 2.00 bits per heavy atom. The van der Waals surface area contributed by atoms with Crippen LogP contribution in [-0.2, 0) is 4.79 Å². The van der Waals surface area contributed by atoms with Crippen molar-refractivity contribution in [3.63, 3.8) is 0 Å². The van der Waals surface area contributed by atoms with E-state index < -0.39 is 0 Å². The van der Waals surface area contributed by atoms with Gasteiger partial charge in [0.05, 0.1) is 11.7 Å². The van der Waals surface area contributed by atoms with Crippen molar-refractivity contribution in [2.24, 2.45) is 0 Å². The summed E-state index contributed by atoms with van der Waals surface area (Å²) in [5.41, 5.74) is 3.07. The van der Waals surface area contributed by atoms with Gasteiger partial charge in [-0.3, -0.25) is 4.79 Å². The number of carbonyl (C=O) groups is 1. The fourth-order valence-corrected chi connectivity index (χ4v) is 2.64. The molecule has 2 aromatic carbocycles. The maximum atomic E-state index is 12.4. The molecule has 0 aliphatic rings. The largest absolute Gasteiger partial charge is 0.484 e. The molecule has 0 saturated carbocycles. The van der Waals surface area contributed by atoms with Crippen LogP contribution in [0, 0.1) is 6.92 Å². The van der Waals surface area contributed by atoms with E-state index in [1.165, 1.54) is 6.33 Å². The van der Waals surface area contributed by atoms with Gasteiger partial charge in [0.2, 0.25) is 0 Å². The molecule has 6 nitrogen and oxygen atoms in total. The zero-order chi connectivity index (χ0) is 18.5. The van der Waals surface area contributed by atoms with Gasteiger partial charge < -0.3 is 9.64 Å². The first kappa shape index (κ1) is 17.7. The Bertz CT molecular complexity index is 860. The number of benzene rings is 2. The smallest absolute Gasteiger partial charge is 0.260 e. The number of aryl methyl sites for hydroxylation is 1. The molecule has 0 fully saturated rings. The van der Waals surface area contributed by atoms with Crippen LogP contribution < -0.4 is 4.74 Å². The van der Waals surface area contributed by atoms with Gasteiger partial charge in [0.25, 0.3) is 5.91 Å². The van der Waals surface area contributed by atoms with E-state index in [0.717, 1.165) is 16.8 Å². The molecule has 1 heterocycles. The standard InChI is InChI=1S/C20H22N4O2/c1-15-5-4-6-19(11-15)26-12-20(25)23(3)16(2)17-7-9-18(10-8-17)24-14-21-13-22-24/h4-11,13-14,16H,12H2,1-3H3. The highest BCUT2D eigenvalue weighted by molar-refractivity contribution is 5.78. The Hall–Kier alpha value is -3.15. The Balaban J connectivity index is 1.61. The molecule has 0 saturated heterocycles. The summed E-state index contributed by atoms with van der Waals surface area (Å²) in [4.78, 5) is 18.1. The molecule has 1 atom stereocenters. The van der Waals surface area contributed by atoms with Crippen LogP contribution in [0.5, 0.6) is 5.75 Å². The molecular weight excluding hydrogens is 328 g/mol. The maximum absolute atomic E-state index is 12.4. The van der Waals surface area contributed by atoms with Crippen LogP contribution in [0.2, 0.25) is 0 Å². The second-order valence-electron chi connectivity index (χ2n) is 6.22. The number of hydrogen-bond donors (Lipinski definition) is 0. The van der Waals surface area contributed by atoms with Gasteiger partial charge >= 0.3 is 0 Å². The molecule has 0 N–H and O–H groups in total. The fraction of sp³-hybridized carbons (Fsp3) is 0.250. The summed E-state index contributed by atoms with van der Waals surface area (Å²) >= 11 is 0. The number of ether oxygens (including phenoxy) is 1. The van der Waals surface area contributed by atoms with Crippen molar-refractivity contribution in [3.05, 3.63) is 72.3 Å². The molecule has 0 bridgehead atoms. The average molecular weight is 350 g/mol. The molecule has 1 amide bonds. The first-order valence-corrected chi connectivity index (χ1v) is 8.44. The molecule has 1 unspecified atom stereocenters. The van der Waals surface area contributed by atoms with Gasteiger partial charge in [-0.25, -0.2) is 9.67 Å². The van der Waals surface area contributed by atoms with E-state index in [1.807, 2.05) is 62.4 Å². The number of likely N-dealkylation sites (N-methyl/N-ethyl adjacent to an activating group) is 1. The van der Waals surface area contributed by atoms with Crippen molar-refractivity contribution in [2.75, 3.05) is 13.7 Å². The normalized spacial score (nSPS) is 11.8. The molecule has 0 aliphatic carbocycles. The number of nitrogens with zero attached hydrogens (tertiary/aromatic N) is 4.